The van der Waals surface area contributed by atoms with Crippen LogP contribution in [0.4, 0.5) is 24.8 Å². The third kappa shape index (κ3) is 3.50. The molecule has 1 aromatic heterocycles. The molecular weight excluding hydrogens is 412 g/mol. The first-order valence-corrected chi connectivity index (χ1v) is 8.69. The van der Waals surface area contributed by atoms with Gasteiger partial charge in [-0.25, -0.2) is 8.42 Å². The van der Waals surface area contributed by atoms with Crippen molar-refractivity contribution in [3.8, 4) is 5.69 Å². The van der Waals surface area contributed by atoms with Crippen LogP contribution in [0.5, 0.6) is 0 Å². The largest absolute Gasteiger partial charge is 0.416 e. The van der Waals surface area contributed by atoms with Crippen LogP contribution in [-0.2, 0) is 16.0 Å². The minimum absolute atomic E-state index is 0.424. The summed E-state index contributed by atoms with van der Waals surface area (Å²) in [4.78, 5) is 9.02. The SMILES string of the molecule is CS(=O)(=O)c1c([N+](=O)[O-])nn(-c2c(Cl)cc(C(F)(F)F)cc2Cl)c1N. The third-order valence-corrected chi connectivity index (χ3v) is 4.67. The molecule has 0 saturated heterocycles. The van der Waals surface area contributed by atoms with Gasteiger partial charge in [0.2, 0.25) is 4.90 Å². The smallest absolute Gasteiger partial charge is 0.381 e. The Balaban J connectivity index is 2.83. The molecule has 2 rings (SSSR count). The number of alkyl halides is 3. The van der Waals surface area contributed by atoms with Gasteiger partial charge in [0.25, 0.3) is 0 Å². The van der Waals surface area contributed by atoms with Crippen LogP contribution < -0.4 is 5.73 Å². The molecule has 0 saturated carbocycles. The zero-order valence-corrected chi connectivity index (χ0v) is 14.3. The van der Waals surface area contributed by atoms with Gasteiger partial charge in [-0.3, -0.25) is 0 Å². The van der Waals surface area contributed by atoms with Gasteiger partial charge in [-0.05, 0) is 17.1 Å². The number of nitrogens with two attached hydrogens (primary N) is 1. The Morgan fingerprint density at radius 3 is 2.08 bits per heavy atom. The Labute approximate surface area is 148 Å². The number of nitrogen functional groups attached to an aromatic ring is 1. The van der Waals surface area contributed by atoms with Crippen molar-refractivity contribution in [3.05, 3.63) is 37.9 Å². The fraction of sp³-hybridized carbons (Fsp3) is 0.182. The predicted octanol–water partition coefficient (Wildman–Crippen LogP) is 3.09. The third-order valence-electron chi connectivity index (χ3n) is 2.96. The number of sulfone groups is 1. The van der Waals surface area contributed by atoms with E-state index in [2.05, 4.69) is 5.10 Å². The van der Waals surface area contributed by atoms with Crippen LogP contribution in [0.25, 0.3) is 5.69 Å². The van der Waals surface area contributed by atoms with E-state index in [9.17, 15) is 31.7 Å². The number of hydrogen-bond donors (Lipinski definition) is 1. The van der Waals surface area contributed by atoms with Gasteiger partial charge in [0, 0.05) is 6.26 Å². The molecule has 8 nitrogen and oxygen atoms in total. The molecule has 0 unspecified atom stereocenters. The fourth-order valence-corrected chi connectivity index (χ4v) is 3.54. The van der Waals surface area contributed by atoms with Crippen molar-refractivity contribution < 1.29 is 26.5 Å². The molecule has 136 valence electrons. The van der Waals surface area contributed by atoms with E-state index >= 15 is 0 Å². The lowest BCUT2D eigenvalue weighted by molar-refractivity contribution is -0.392. The van der Waals surface area contributed by atoms with E-state index in [1.165, 1.54) is 0 Å². The normalized spacial score (nSPS) is 12.4. The second-order valence-corrected chi connectivity index (χ2v) is 7.53. The molecule has 2 N–H and O–H groups in total. The first-order valence-electron chi connectivity index (χ1n) is 6.04. The first-order chi connectivity index (χ1) is 11.2. The lowest BCUT2D eigenvalue weighted by Crippen LogP contribution is -2.09. The Kier molecular flexibility index (Phi) is 4.65. The summed E-state index contributed by atoms with van der Waals surface area (Å²) in [7, 11) is -4.17. The Morgan fingerprint density at radius 1 is 1.28 bits per heavy atom. The van der Waals surface area contributed by atoms with Gasteiger partial charge in [-0.2, -0.15) is 13.2 Å². The fourth-order valence-electron chi connectivity index (χ4n) is 1.98. The van der Waals surface area contributed by atoms with Crippen LogP contribution in [-0.4, -0.2) is 29.4 Å². The zero-order valence-electron chi connectivity index (χ0n) is 12.0. The van der Waals surface area contributed by atoms with Crippen LogP contribution in [0, 0.1) is 10.1 Å². The molecule has 25 heavy (non-hydrogen) atoms. The maximum absolute atomic E-state index is 12.8. The second-order valence-electron chi connectivity index (χ2n) is 4.77. The first kappa shape index (κ1) is 19.3. The van der Waals surface area contributed by atoms with Crippen molar-refractivity contribution in [3.63, 3.8) is 0 Å². The number of benzene rings is 1. The Bertz CT molecular complexity index is 965. The number of anilines is 1. The van der Waals surface area contributed by atoms with E-state index in [1.807, 2.05) is 0 Å². The van der Waals surface area contributed by atoms with Gasteiger partial charge in [0.15, 0.2) is 15.7 Å². The van der Waals surface area contributed by atoms with Crippen LogP contribution in [0.3, 0.4) is 0 Å². The summed E-state index contributed by atoms with van der Waals surface area (Å²) in [5, 5.41) is 13.3. The summed E-state index contributed by atoms with van der Waals surface area (Å²) in [6.45, 7) is 0. The lowest BCUT2D eigenvalue weighted by Gasteiger charge is -2.11. The molecule has 0 radical (unpaired) electrons. The van der Waals surface area contributed by atoms with E-state index in [1.54, 1.807) is 0 Å². The van der Waals surface area contributed by atoms with E-state index in [-0.39, 0.29) is 0 Å². The van der Waals surface area contributed by atoms with E-state index in [0.717, 1.165) is 0 Å². The summed E-state index contributed by atoms with van der Waals surface area (Å²) >= 11 is 11.6. The second kappa shape index (κ2) is 6.04. The molecule has 0 spiro atoms. The molecule has 1 aromatic carbocycles. The van der Waals surface area contributed by atoms with Crippen molar-refractivity contribution in [2.75, 3.05) is 12.0 Å². The van der Waals surface area contributed by atoms with Crippen LogP contribution in [0.2, 0.25) is 10.0 Å². The molecule has 0 bridgehead atoms. The highest BCUT2D eigenvalue weighted by Gasteiger charge is 2.37. The predicted molar refractivity (Wildman–Crippen MR) is 82.8 cm³/mol. The van der Waals surface area contributed by atoms with Crippen molar-refractivity contribution in [2.45, 2.75) is 11.1 Å². The number of nitro groups is 1. The summed E-state index contributed by atoms with van der Waals surface area (Å²) in [6.07, 6.45) is -4.08. The molecule has 0 aliphatic rings. The van der Waals surface area contributed by atoms with Crippen molar-refractivity contribution in [1.82, 2.24) is 9.78 Å². The number of aromatic nitrogens is 2. The minimum atomic E-state index is -4.74. The summed E-state index contributed by atoms with van der Waals surface area (Å²) < 4.78 is 62.2. The number of halogens is 5. The minimum Gasteiger partial charge on any atom is -0.381 e. The van der Waals surface area contributed by atoms with Crippen LogP contribution in [0.15, 0.2) is 17.0 Å². The summed E-state index contributed by atoms with van der Waals surface area (Å²) in [5.74, 6) is -1.82. The molecule has 0 aliphatic heterocycles. The Hall–Kier alpha value is -2.05. The van der Waals surface area contributed by atoms with E-state index in [0.29, 0.717) is 23.1 Å². The molecule has 14 heteroatoms. The molecule has 0 atom stereocenters. The monoisotopic (exact) mass is 418 g/mol. The van der Waals surface area contributed by atoms with Gasteiger partial charge in [-0.1, -0.05) is 23.2 Å². The van der Waals surface area contributed by atoms with Crippen LogP contribution in [0.1, 0.15) is 5.56 Å². The number of hydrogen-bond acceptors (Lipinski definition) is 6. The zero-order chi connectivity index (χ0) is 19.3. The molecule has 0 aliphatic carbocycles. The van der Waals surface area contributed by atoms with Gasteiger partial charge in [0.05, 0.1) is 20.7 Å². The van der Waals surface area contributed by atoms with Gasteiger partial charge < -0.3 is 15.8 Å². The standard InChI is InChI=1S/C11H7Cl2F3N4O4S/c1-25(23,24)8-9(17)19(18-10(8)20(21)22)7-5(12)2-4(3-6(7)13)11(14,15)16/h2-3H,17H2,1H3. The van der Waals surface area contributed by atoms with Gasteiger partial charge in [-0.15, -0.1) is 4.68 Å². The van der Waals surface area contributed by atoms with Crippen LogP contribution >= 0.6 is 23.2 Å². The van der Waals surface area contributed by atoms with Gasteiger partial charge in [0.1, 0.15) is 5.69 Å². The highest BCUT2D eigenvalue weighted by atomic mass is 35.5. The van der Waals surface area contributed by atoms with E-state index < -0.39 is 58.8 Å². The van der Waals surface area contributed by atoms with Crippen molar-refractivity contribution >= 4 is 44.7 Å². The highest BCUT2D eigenvalue weighted by molar-refractivity contribution is 7.91. The Morgan fingerprint density at radius 2 is 1.76 bits per heavy atom. The van der Waals surface area contributed by atoms with Crippen molar-refractivity contribution in [1.29, 1.82) is 0 Å². The number of rotatable bonds is 3. The summed E-state index contributed by atoms with van der Waals surface area (Å²) in [6, 6.07) is 1.02. The van der Waals surface area contributed by atoms with E-state index in [4.69, 9.17) is 28.9 Å². The maximum Gasteiger partial charge on any atom is 0.416 e. The molecule has 0 fully saturated rings. The maximum atomic E-state index is 12.8. The lowest BCUT2D eigenvalue weighted by atomic mass is 10.2. The molecular formula is C11H7Cl2F3N4O4S. The number of nitrogens with zero attached hydrogens (tertiary/aromatic N) is 3. The highest BCUT2D eigenvalue weighted by Crippen LogP contribution is 2.40. The average Bonchev–Trinajstić information content (AvgIpc) is 2.75. The average molecular weight is 419 g/mol. The van der Waals surface area contributed by atoms with Gasteiger partial charge >= 0.3 is 12.0 Å². The quantitative estimate of drug-likeness (QED) is 0.603. The topological polar surface area (TPSA) is 121 Å². The van der Waals surface area contributed by atoms with Crippen molar-refractivity contribution in [2.24, 2.45) is 0 Å². The molecule has 2 aromatic rings. The molecule has 1 heterocycles. The summed E-state index contributed by atoms with van der Waals surface area (Å²) in [5.41, 5.74) is 4.00. The molecule has 0 amide bonds.